The fourth-order valence-corrected chi connectivity index (χ4v) is 3.73. The van der Waals surface area contributed by atoms with Crippen molar-refractivity contribution in [1.29, 1.82) is 0 Å². The van der Waals surface area contributed by atoms with Crippen molar-refractivity contribution in [3.05, 3.63) is 72.1 Å². The van der Waals surface area contributed by atoms with E-state index in [9.17, 15) is 0 Å². The molecule has 2 aromatic carbocycles. The lowest BCUT2D eigenvalue weighted by atomic mass is 9.98. The Kier molecular flexibility index (Phi) is 3.42. The third-order valence-electron chi connectivity index (χ3n) is 5.14. The highest BCUT2D eigenvalue weighted by Gasteiger charge is 2.15. The van der Waals surface area contributed by atoms with Crippen molar-refractivity contribution < 1.29 is 0 Å². The number of fused-ring (bicyclic) bond motifs is 2. The highest BCUT2D eigenvalue weighted by Crippen LogP contribution is 2.26. The zero-order valence-corrected chi connectivity index (χ0v) is 14.0. The van der Waals surface area contributed by atoms with Gasteiger partial charge >= 0.3 is 0 Å². The summed E-state index contributed by atoms with van der Waals surface area (Å²) in [5.41, 5.74) is 6.26. The van der Waals surface area contributed by atoms with E-state index in [0.717, 1.165) is 31.6 Å². The summed E-state index contributed by atoms with van der Waals surface area (Å²) in [5, 5.41) is 10.1. The normalized spacial score (nSPS) is 15.8. The van der Waals surface area contributed by atoms with E-state index in [2.05, 4.69) is 68.6 Å². The largest absolute Gasteiger partial charge is 0.361 e. The van der Waals surface area contributed by atoms with Crippen LogP contribution in [0.25, 0.3) is 27.4 Å². The van der Waals surface area contributed by atoms with Crippen LogP contribution in [0.3, 0.4) is 0 Å². The highest BCUT2D eigenvalue weighted by atomic mass is 15.2. The number of H-pyrrole nitrogens is 2. The molecule has 1 aliphatic rings. The zero-order valence-electron chi connectivity index (χ0n) is 14.0. The van der Waals surface area contributed by atoms with Crippen LogP contribution in [-0.4, -0.2) is 33.2 Å². The molecule has 3 heterocycles. The summed E-state index contributed by atoms with van der Waals surface area (Å²) in [6, 6.07) is 17.1. The SMILES string of the molecule is C1=C(c2ccc3[nH]ccc3c2)CCN(Cc2[nH]nc3ccccc23)C1. The van der Waals surface area contributed by atoms with E-state index < -0.39 is 0 Å². The summed E-state index contributed by atoms with van der Waals surface area (Å²) in [4.78, 5) is 5.73. The molecular formula is C21H20N4. The first-order valence-electron chi connectivity index (χ1n) is 8.78. The van der Waals surface area contributed by atoms with Crippen molar-refractivity contribution >= 4 is 27.4 Å². The minimum Gasteiger partial charge on any atom is -0.361 e. The number of para-hydroxylation sites is 1. The molecule has 124 valence electrons. The number of aromatic nitrogens is 3. The second kappa shape index (κ2) is 5.90. The Hall–Kier alpha value is -2.85. The van der Waals surface area contributed by atoms with Crippen LogP contribution >= 0.6 is 0 Å². The van der Waals surface area contributed by atoms with Crippen LogP contribution in [0, 0.1) is 0 Å². The molecule has 5 rings (SSSR count). The Bertz CT molecular complexity index is 1070. The molecule has 4 nitrogen and oxygen atoms in total. The van der Waals surface area contributed by atoms with E-state index in [1.807, 2.05) is 12.3 Å². The van der Waals surface area contributed by atoms with E-state index in [4.69, 9.17) is 0 Å². The number of hydrogen-bond acceptors (Lipinski definition) is 2. The van der Waals surface area contributed by atoms with Gasteiger partial charge in [0.15, 0.2) is 0 Å². The maximum atomic E-state index is 4.40. The number of aromatic amines is 2. The molecule has 0 amide bonds. The molecule has 0 saturated heterocycles. The summed E-state index contributed by atoms with van der Waals surface area (Å²) < 4.78 is 0. The highest BCUT2D eigenvalue weighted by molar-refractivity contribution is 5.84. The van der Waals surface area contributed by atoms with E-state index in [-0.39, 0.29) is 0 Å². The van der Waals surface area contributed by atoms with Gasteiger partial charge in [0, 0.05) is 36.7 Å². The van der Waals surface area contributed by atoms with Crippen LogP contribution < -0.4 is 0 Å². The van der Waals surface area contributed by atoms with Crippen LogP contribution in [0.5, 0.6) is 0 Å². The average Bonchev–Trinajstić information content (AvgIpc) is 3.29. The molecule has 0 atom stereocenters. The summed E-state index contributed by atoms with van der Waals surface area (Å²) in [5.74, 6) is 0. The fourth-order valence-electron chi connectivity index (χ4n) is 3.73. The van der Waals surface area contributed by atoms with Crippen LogP contribution in [0.15, 0.2) is 60.8 Å². The molecule has 0 spiro atoms. The van der Waals surface area contributed by atoms with Gasteiger partial charge < -0.3 is 4.98 Å². The smallest absolute Gasteiger partial charge is 0.0924 e. The van der Waals surface area contributed by atoms with Crippen molar-refractivity contribution in [3.8, 4) is 0 Å². The molecule has 0 saturated carbocycles. The van der Waals surface area contributed by atoms with Crippen LogP contribution in [0.4, 0.5) is 0 Å². The van der Waals surface area contributed by atoms with Gasteiger partial charge in [0.05, 0.1) is 11.2 Å². The average molecular weight is 328 g/mol. The molecular weight excluding hydrogens is 308 g/mol. The van der Waals surface area contributed by atoms with E-state index >= 15 is 0 Å². The third-order valence-corrected chi connectivity index (χ3v) is 5.14. The van der Waals surface area contributed by atoms with E-state index in [0.29, 0.717) is 0 Å². The molecule has 1 aliphatic heterocycles. The zero-order chi connectivity index (χ0) is 16.6. The molecule has 2 aromatic heterocycles. The quantitative estimate of drug-likeness (QED) is 0.588. The van der Waals surface area contributed by atoms with Crippen molar-refractivity contribution in [3.63, 3.8) is 0 Å². The lowest BCUT2D eigenvalue weighted by molar-refractivity contribution is 0.291. The number of nitrogens with one attached hydrogen (secondary N) is 2. The van der Waals surface area contributed by atoms with Gasteiger partial charge in [-0.2, -0.15) is 5.10 Å². The molecule has 25 heavy (non-hydrogen) atoms. The number of hydrogen-bond donors (Lipinski definition) is 2. The summed E-state index contributed by atoms with van der Waals surface area (Å²) in [6.45, 7) is 2.97. The molecule has 0 fully saturated rings. The summed E-state index contributed by atoms with van der Waals surface area (Å²) in [6.07, 6.45) is 5.46. The van der Waals surface area contributed by atoms with Gasteiger partial charge in [0.2, 0.25) is 0 Å². The maximum Gasteiger partial charge on any atom is 0.0924 e. The Morgan fingerprint density at radius 2 is 2.04 bits per heavy atom. The third kappa shape index (κ3) is 2.65. The first-order valence-corrected chi connectivity index (χ1v) is 8.78. The predicted octanol–water partition coefficient (Wildman–Crippen LogP) is 4.33. The lowest BCUT2D eigenvalue weighted by Crippen LogP contribution is -2.28. The van der Waals surface area contributed by atoms with Crippen molar-refractivity contribution in [2.75, 3.05) is 13.1 Å². The second-order valence-electron chi connectivity index (χ2n) is 6.71. The standard InChI is InChI=1S/C21H20N4/c1-2-4-20-18(3-1)21(24-23-20)14-25-11-8-15(9-12-25)16-5-6-19-17(13-16)7-10-22-19/h1-8,10,13,22H,9,11-12,14H2,(H,23,24). The van der Waals surface area contributed by atoms with Crippen LogP contribution in [-0.2, 0) is 6.54 Å². The molecule has 0 bridgehead atoms. The van der Waals surface area contributed by atoms with Gasteiger partial charge in [-0.15, -0.1) is 0 Å². The Morgan fingerprint density at radius 1 is 1.08 bits per heavy atom. The molecule has 0 unspecified atom stereocenters. The van der Waals surface area contributed by atoms with Gasteiger partial charge in [-0.25, -0.2) is 0 Å². The molecule has 0 radical (unpaired) electrons. The molecule has 0 aliphatic carbocycles. The van der Waals surface area contributed by atoms with Crippen LogP contribution in [0.2, 0.25) is 0 Å². The van der Waals surface area contributed by atoms with Gasteiger partial charge in [-0.3, -0.25) is 10.00 Å². The van der Waals surface area contributed by atoms with E-state index in [1.165, 1.54) is 33.1 Å². The molecule has 2 N–H and O–H groups in total. The number of rotatable bonds is 3. The monoisotopic (exact) mass is 328 g/mol. The van der Waals surface area contributed by atoms with Gasteiger partial charge in [-0.1, -0.05) is 30.3 Å². The molecule has 4 aromatic rings. The topological polar surface area (TPSA) is 47.7 Å². The molecule has 4 heteroatoms. The van der Waals surface area contributed by atoms with Crippen molar-refractivity contribution in [2.45, 2.75) is 13.0 Å². The minimum atomic E-state index is 0.918. The predicted molar refractivity (Wildman–Crippen MR) is 102 cm³/mol. The second-order valence-corrected chi connectivity index (χ2v) is 6.71. The van der Waals surface area contributed by atoms with Gasteiger partial charge in [-0.05, 0) is 47.2 Å². The van der Waals surface area contributed by atoms with Crippen LogP contribution in [0.1, 0.15) is 17.7 Å². The number of benzene rings is 2. The summed E-state index contributed by atoms with van der Waals surface area (Å²) >= 11 is 0. The van der Waals surface area contributed by atoms with E-state index in [1.54, 1.807) is 0 Å². The maximum absolute atomic E-state index is 4.40. The fraction of sp³-hybridized carbons (Fsp3) is 0.190. The van der Waals surface area contributed by atoms with Gasteiger partial charge in [0.25, 0.3) is 0 Å². The summed E-state index contributed by atoms with van der Waals surface area (Å²) in [7, 11) is 0. The Morgan fingerprint density at radius 3 is 2.96 bits per heavy atom. The van der Waals surface area contributed by atoms with Crippen molar-refractivity contribution in [1.82, 2.24) is 20.1 Å². The number of nitrogens with zero attached hydrogens (tertiary/aromatic N) is 2. The minimum absolute atomic E-state index is 0.918. The lowest BCUT2D eigenvalue weighted by Gasteiger charge is -2.26. The Labute approximate surface area is 146 Å². The van der Waals surface area contributed by atoms with Crippen molar-refractivity contribution in [2.24, 2.45) is 0 Å². The van der Waals surface area contributed by atoms with Gasteiger partial charge in [0.1, 0.15) is 0 Å². The first kappa shape index (κ1) is 14.5. The first-order chi connectivity index (χ1) is 12.4. The Balaban J connectivity index is 1.34.